The van der Waals surface area contributed by atoms with Gasteiger partial charge in [0.05, 0.1) is 23.5 Å². The number of carbonyl (C=O) groups excluding carboxylic acids is 1. The zero-order valence-electron chi connectivity index (χ0n) is 14.4. The number of benzene rings is 2. The van der Waals surface area contributed by atoms with Crippen molar-refractivity contribution in [3.63, 3.8) is 0 Å². The Balaban J connectivity index is 2.27. The van der Waals surface area contributed by atoms with Gasteiger partial charge >= 0.3 is 0 Å². The summed E-state index contributed by atoms with van der Waals surface area (Å²) in [6.07, 6.45) is -0.630. The molecular formula is C18H19F3N2O4. The molecule has 9 heteroatoms. The lowest BCUT2D eigenvalue weighted by molar-refractivity contribution is -0.0295. The Bertz CT molecular complexity index is 817. The maximum atomic E-state index is 14.2. The smallest absolute Gasteiger partial charge is 0.277 e. The number of hydroxylamine groups is 1. The molecule has 0 aromatic heterocycles. The van der Waals surface area contributed by atoms with Crippen molar-refractivity contribution in [2.75, 3.05) is 18.5 Å². The third-order valence-electron chi connectivity index (χ3n) is 3.69. The molecule has 0 fully saturated rings. The van der Waals surface area contributed by atoms with Gasteiger partial charge in [0, 0.05) is 0 Å². The maximum absolute atomic E-state index is 14.2. The van der Waals surface area contributed by atoms with Crippen molar-refractivity contribution in [2.24, 2.45) is 0 Å². The lowest BCUT2D eigenvalue weighted by atomic mass is 10.1. The Morgan fingerprint density at radius 1 is 1.19 bits per heavy atom. The van der Waals surface area contributed by atoms with Crippen LogP contribution >= 0.6 is 0 Å². The summed E-state index contributed by atoms with van der Waals surface area (Å²) in [4.78, 5) is 16.9. The fraction of sp³-hybridized carbons (Fsp3) is 0.278. The first-order valence-corrected chi connectivity index (χ1v) is 8.11. The Kier molecular flexibility index (Phi) is 7.17. The average molecular weight is 384 g/mol. The molecule has 0 aliphatic heterocycles. The highest BCUT2D eigenvalue weighted by molar-refractivity contribution is 5.99. The Labute approximate surface area is 153 Å². The molecule has 0 unspecified atom stereocenters. The third-order valence-corrected chi connectivity index (χ3v) is 3.69. The molecule has 0 bridgehead atoms. The molecule has 0 saturated carbocycles. The van der Waals surface area contributed by atoms with E-state index in [-0.39, 0.29) is 11.3 Å². The first-order chi connectivity index (χ1) is 12.9. The number of halogens is 3. The minimum atomic E-state index is -1.36. The van der Waals surface area contributed by atoms with Crippen LogP contribution in [0.2, 0.25) is 0 Å². The monoisotopic (exact) mass is 384 g/mol. The molecule has 6 nitrogen and oxygen atoms in total. The van der Waals surface area contributed by atoms with E-state index in [2.05, 4.69) is 5.32 Å². The Morgan fingerprint density at radius 3 is 2.56 bits per heavy atom. The van der Waals surface area contributed by atoms with E-state index in [0.29, 0.717) is 12.0 Å². The van der Waals surface area contributed by atoms with Gasteiger partial charge in [0.1, 0.15) is 18.5 Å². The van der Waals surface area contributed by atoms with Crippen molar-refractivity contribution < 1.29 is 33.0 Å². The summed E-state index contributed by atoms with van der Waals surface area (Å²) in [6, 6.07) is 5.96. The maximum Gasteiger partial charge on any atom is 0.277 e. The van der Waals surface area contributed by atoms with Gasteiger partial charge in [-0.2, -0.15) is 0 Å². The van der Waals surface area contributed by atoms with Crippen LogP contribution < -0.4 is 10.8 Å². The molecular weight excluding hydrogens is 365 g/mol. The first-order valence-electron chi connectivity index (χ1n) is 8.11. The van der Waals surface area contributed by atoms with Crippen LogP contribution in [0.25, 0.3) is 0 Å². The number of carbonyl (C=O) groups is 1. The van der Waals surface area contributed by atoms with E-state index in [4.69, 9.17) is 15.1 Å². The Hall–Kier alpha value is -2.62. The Morgan fingerprint density at radius 2 is 1.93 bits per heavy atom. The van der Waals surface area contributed by atoms with Crippen LogP contribution in [-0.4, -0.2) is 35.4 Å². The predicted octanol–water partition coefficient (Wildman–Crippen LogP) is 2.42. The molecule has 0 heterocycles. The number of aliphatic hydroxyl groups is 2. The fourth-order valence-corrected chi connectivity index (χ4v) is 2.19. The number of aryl methyl sites for hydroxylation is 1. The van der Waals surface area contributed by atoms with Crippen LogP contribution in [-0.2, 0) is 11.3 Å². The molecule has 2 aromatic carbocycles. The number of amides is 1. The van der Waals surface area contributed by atoms with Crippen molar-refractivity contribution in [2.45, 2.75) is 19.4 Å². The second-order valence-corrected chi connectivity index (χ2v) is 5.66. The third kappa shape index (κ3) is 5.19. The van der Waals surface area contributed by atoms with Gasteiger partial charge in [-0.15, -0.1) is 0 Å². The van der Waals surface area contributed by atoms with Gasteiger partial charge < -0.3 is 15.5 Å². The minimum Gasteiger partial charge on any atom is -0.394 e. The summed E-state index contributed by atoms with van der Waals surface area (Å²) in [6.45, 7) is 0.840. The van der Waals surface area contributed by atoms with Crippen LogP contribution in [0.3, 0.4) is 0 Å². The minimum absolute atomic E-state index is 0.137. The highest BCUT2D eigenvalue weighted by atomic mass is 19.2. The lowest BCUT2D eigenvalue weighted by Gasteiger charge is -2.15. The second-order valence-electron chi connectivity index (χ2n) is 5.66. The van der Waals surface area contributed by atoms with Crippen molar-refractivity contribution in [3.05, 3.63) is 58.9 Å². The number of anilines is 2. The molecule has 0 saturated heterocycles. The van der Waals surface area contributed by atoms with E-state index < -0.39 is 48.4 Å². The molecule has 0 spiro atoms. The van der Waals surface area contributed by atoms with Gasteiger partial charge in [0.2, 0.25) is 0 Å². The molecule has 2 aromatic rings. The predicted molar refractivity (Wildman–Crippen MR) is 91.9 cm³/mol. The first kappa shape index (κ1) is 20.7. The second kappa shape index (κ2) is 9.36. The molecule has 1 atom stereocenters. The van der Waals surface area contributed by atoms with Crippen LogP contribution in [0.15, 0.2) is 30.3 Å². The zero-order valence-corrected chi connectivity index (χ0v) is 14.4. The lowest BCUT2D eigenvalue weighted by Crippen LogP contribution is -2.30. The molecule has 2 rings (SSSR count). The topological polar surface area (TPSA) is 90.8 Å². The van der Waals surface area contributed by atoms with E-state index in [0.717, 1.165) is 12.1 Å². The van der Waals surface area contributed by atoms with E-state index in [9.17, 15) is 18.0 Å². The van der Waals surface area contributed by atoms with E-state index in [1.807, 2.05) is 12.4 Å². The molecule has 0 radical (unpaired) electrons. The van der Waals surface area contributed by atoms with Gasteiger partial charge in [-0.05, 0) is 36.2 Å². The standard InChI is InChI=1S/C18H19F3N2O4/c1-2-10-3-6-15(14(20)7-10)22-17-12(4-5-13(19)16(17)21)18(26)23-27-9-11(25)8-24/h3-7,11,22,24-25H,2,8-9H2,1H3,(H,23,26)/t11-/m0/s1. The summed E-state index contributed by atoms with van der Waals surface area (Å²) in [5.41, 5.74) is 1.61. The molecule has 146 valence electrons. The normalized spacial score (nSPS) is 11.9. The van der Waals surface area contributed by atoms with E-state index in [1.165, 1.54) is 12.1 Å². The van der Waals surface area contributed by atoms with Crippen LogP contribution in [0, 0.1) is 17.5 Å². The number of nitrogens with one attached hydrogen (secondary N) is 2. The molecule has 0 aliphatic carbocycles. The average Bonchev–Trinajstić information content (AvgIpc) is 2.66. The van der Waals surface area contributed by atoms with Crippen molar-refractivity contribution in [1.29, 1.82) is 0 Å². The summed E-state index contributed by atoms with van der Waals surface area (Å²) in [7, 11) is 0. The molecule has 1 amide bonds. The van der Waals surface area contributed by atoms with Gasteiger partial charge in [-0.25, -0.2) is 18.7 Å². The largest absolute Gasteiger partial charge is 0.394 e. The SMILES string of the molecule is CCc1ccc(Nc2c(C(=O)NOC[C@@H](O)CO)ccc(F)c2F)c(F)c1. The summed E-state index contributed by atoms with van der Waals surface area (Å²) in [5.74, 6) is -4.23. The summed E-state index contributed by atoms with van der Waals surface area (Å²) < 4.78 is 42.0. The van der Waals surface area contributed by atoms with Crippen LogP contribution in [0.4, 0.5) is 24.5 Å². The highest BCUT2D eigenvalue weighted by Crippen LogP contribution is 2.28. The van der Waals surface area contributed by atoms with Gasteiger partial charge in [-0.1, -0.05) is 13.0 Å². The fourth-order valence-electron chi connectivity index (χ4n) is 2.19. The highest BCUT2D eigenvalue weighted by Gasteiger charge is 2.20. The van der Waals surface area contributed by atoms with Crippen LogP contribution in [0.1, 0.15) is 22.8 Å². The summed E-state index contributed by atoms with van der Waals surface area (Å²) in [5, 5.41) is 20.2. The van der Waals surface area contributed by atoms with Gasteiger partial charge in [-0.3, -0.25) is 9.63 Å². The molecule has 4 N–H and O–H groups in total. The number of rotatable bonds is 8. The number of hydrogen-bond acceptors (Lipinski definition) is 5. The van der Waals surface area contributed by atoms with Gasteiger partial charge in [0.15, 0.2) is 11.6 Å². The van der Waals surface area contributed by atoms with Gasteiger partial charge in [0.25, 0.3) is 5.91 Å². The number of hydrogen-bond donors (Lipinski definition) is 4. The van der Waals surface area contributed by atoms with E-state index >= 15 is 0 Å². The van der Waals surface area contributed by atoms with Crippen molar-refractivity contribution in [1.82, 2.24) is 5.48 Å². The van der Waals surface area contributed by atoms with Crippen LogP contribution in [0.5, 0.6) is 0 Å². The molecule has 0 aliphatic rings. The zero-order chi connectivity index (χ0) is 20.0. The molecule has 27 heavy (non-hydrogen) atoms. The quantitative estimate of drug-likeness (QED) is 0.525. The van der Waals surface area contributed by atoms with Crippen molar-refractivity contribution in [3.8, 4) is 0 Å². The van der Waals surface area contributed by atoms with E-state index in [1.54, 1.807) is 6.07 Å². The number of aliphatic hydroxyl groups excluding tert-OH is 2. The van der Waals surface area contributed by atoms with Crippen molar-refractivity contribution >= 4 is 17.3 Å². The summed E-state index contributed by atoms with van der Waals surface area (Å²) >= 11 is 0.